The first kappa shape index (κ1) is 21.4. The third-order valence-electron chi connectivity index (χ3n) is 6.40. The highest BCUT2D eigenvalue weighted by Gasteiger charge is 2.30. The Morgan fingerprint density at radius 3 is 2.43 bits per heavy atom. The molecule has 0 atom stereocenters. The zero-order chi connectivity index (χ0) is 24.2. The number of pyridine rings is 1. The lowest BCUT2D eigenvalue weighted by Gasteiger charge is -2.13. The number of benzene rings is 3. The summed E-state index contributed by atoms with van der Waals surface area (Å²) in [6.45, 7) is 0.0157. The Balaban J connectivity index is 1.67. The molecule has 174 valence electrons. The summed E-state index contributed by atoms with van der Waals surface area (Å²) in [5.41, 5.74) is 4.59. The fraction of sp³-hybridized carbons (Fsp3) is 0.107. The van der Waals surface area contributed by atoms with Gasteiger partial charge < -0.3 is 14.7 Å². The van der Waals surface area contributed by atoms with E-state index in [1.54, 1.807) is 6.07 Å². The highest BCUT2D eigenvalue weighted by molar-refractivity contribution is 6.14. The van der Waals surface area contributed by atoms with E-state index in [0.29, 0.717) is 17.0 Å². The molecule has 0 aliphatic heterocycles. The van der Waals surface area contributed by atoms with Crippen molar-refractivity contribution in [2.75, 3.05) is 0 Å². The number of nitrogens with one attached hydrogen (secondary N) is 1. The molecule has 0 radical (unpaired) electrons. The molecule has 0 bridgehead atoms. The van der Waals surface area contributed by atoms with E-state index in [4.69, 9.17) is 4.98 Å². The molecule has 6 aromatic rings. The van der Waals surface area contributed by atoms with Gasteiger partial charge in [0.15, 0.2) is 0 Å². The molecule has 6 rings (SSSR count). The normalized spacial score (nSPS) is 12.2. The Morgan fingerprint density at radius 2 is 1.63 bits per heavy atom. The lowest BCUT2D eigenvalue weighted by molar-refractivity contribution is -0.137. The third-order valence-corrected chi connectivity index (χ3v) is 6.40. The number of nitrogens with zero attached hydrogens (tertiary/aromatic N) is 2. The minimum atomic E-state index is -4.41. The van der Waals surface area contributed by atoms with Gasteiger partial charge in [0.2, 0.25) is 0 Å². The predicted molar refractivity (Wildman–Crippen MR) is 131 cm³/mol. The number of aromatic nitrogens is 3. The predicted octanol–water partition coefficient (Wildman–Crippen LogP) is 6.90. The average molecular weight is 471 g/mol. The zero-order valence-corrected chi connectivity index (χ0v) is 18.5. The number of aromatic amines is 1. The standard InChI is InChI=1S/C28H20F3N3O/c29-28(30,31)18-7-5-6-17(12-18)15-34-25-11-4-2-9-21(25)22-13-19(16-35)33-26(27(22)34)23-14-32-24-10-3-1-8-20(23)24/h1-14,32,35H,15-16H2. The lowest BCUT2D eigenvalue weighted by atomic mass is 10.1. The van der Waals surface area contributed by atoms with E-state index in [-0.39, 0.29) is 13.2 Å². The van der Waals surface area contributed by atoms with Crippen LogP contribution in [-0.2, 0) is 19.3 Å². The quantitative estimate of drug-likeness (QED) is 0.294. The van der Waals surface area contributed by atoms with Crippen molar-refractivity contribution in [2.45, 2.75) is 19.3 Å². The fourth-order valence-corrected chi connectivity index (χ4v) is 4.86. The van der Waals surface area contributed by atoms with E-state index in [0.717, 1.165) is 44.3 Å². The van der Waals surface area contributed by atoms with Gasteiger partial charge in [-0.15, -0.1) is 0 Å². The summed E-state index contributed by atoms with van der Waals surface area (Å²) in [6.07, 6.45) is -2.52. The van der Waals surface area contributed by atoms with Crippen LogP contribution in [0.5, 0.6) is 0 Å². The number of aliphatic hydroxyl groups is 1. The van der Waals surface area contributed by atoms with Gasteiger partial charge in [-0.25, -0.2) is 4.98 Å². The number of hydrogen-bond donors (Lipinski definition) is 2. The van der Waals surface area contributed by atoms with Crippen LogP contribution >= 0.6 is 0 Å². The molecular formula is C28H20F3N3O. The second-order valence-corrected chi connectivity index (χ2v) is 8.57. The van der Waals surface area contributed by atoms with E-state index < -0.39 is 11.7 Å². The van der Waals surface area contributed by atoms with Crippen LogP contribution in [0.4, 0.5) is 13.2 Å². The Morgan fingerprint density at radius 1 is 0.857 bits per heavy atom. The largest absolute Gasteiger partial charge is 0.416 e. The Kier molecular flexibility index (Phi) is 4.89. The molecule has 4 nitrogen and oxygen atoms in total. The van der Waals surface area contributed by atoms with E-state index in [1.807, 2.05) is 65.4 Å². The van der Waals surface area contributed by atoms with Crippen molar-refractivity contribution in [3.63, 3.8) is 0 Å². The highest BCUT2D eigenvalue weighted by atomic mass is 19.4. The van der Waals surface area contributed by atoms with Crippen LogP contribution < -0.4 is 0 Å². The first-order chi connectivity index (χ1) is 16.9. The smallest absolute Gasteiger partial charge is 0.390 e. The average Bonchev–Trinajstić information content (AvgIpc) is 3.43. The fourth-order valence-electron chi connectivity index (χ4n) is 4.86. The van der Waals surface area contributed by atoms with Crippen LogP contribution in [0.1, 0.15) is 16.8 Å². The Labute approximate surface area is 198 Å². The first-order valence-corrected chi connectivity index (χ1v) is 11.2. The molecule has 0 aliphatic carbocycles. The van der Waals surface area contributed by atoms with Gasteiger partial charge in [0.05, 0.1) is 29.1 Å². The molecule has 2 N–H and O–H groups in total. The van der Waals surface area contributed by atoms with Crippen LogP contribution in [0.25, 0.3) is 44.0 Å². The summed E-state index contributed by atoms with van der Waals surface area (Å²) in [4.78, 5) is 8.07. The number of para-hydroxylation sites is 2. The van der Waals surface area contributed by atoms with Crippen LogP contribution in [0.3, 0.4) is 0 Å². The maximum atomic E-state index is 13.4. The Hall–Kier alpha value is -4.10. The van der Waals surface area contributed by atoms with Crippen LogP contribution in [0, 0.1) is 0 Å². The van der Waals surface area contributed by atoms with Crippen molar-refractivity contribution < 1.29 is 18.3 Å². The number of aliphatic hydroxyl groups excluding tert-OH is 1. The van der Waals surface area contributed by atoms with Gasteiger partial charge in [-0.3, -0.25) is 0 Å². The second kappa shape index (κ2) is 7.99. The molecule has 0 saturated carbocycles. The van der Waals surface area contributed by atoms with Gasteiger partial charge in [0.1, 0.15) is 0 Å². The highest BCUT2D eigenvalue weighted by Crippen LogP contribution is 2.39. The zero-order valence-electron chi connectivity index (χ0n) is 18.5. The molecule has 3 heterocycles. The van der Waals surface area contributed by atoms with Gasteiger partial charge >= 0.3 is 6.18 Å². The molecule has 0 aliphatic rings. The molecule has 0 amide bonds. The number of halogens is 3. The lowest BCUT2D eigenvalue weighted by Crippen LogP contribution is -2.07. The van der Waals surface area contributed by atoms with Gasteiger partial charge in [0, 0.05) is 45.5 Å². The van der Waals surface area contributed by atoms with E-state index >= 15 is 0 Å². The minimum absolute atomic E-state index is 0.224. The number of H-pyrrole nitrogens is 1. The van der Waals surface area contributed by atoms with Gasteiger partial charge in [-0.05, 0) is 35.9 Å². The summed E-state index contributed by atoms with van der Waals surface area (Å²) in [5.74, 6) is 0. The monoisotopic (exact) mass is 471 g/mol. The molecule has 3 aromatic carbocycles. The number of hydrogen-bond acceptors (Lipinski definition) is 2. The van der Waals surface area contributed by atoms with Crippen molar-refractivity contribution in [1.82, 2.24) is 14.5 Å². The molecule has 3 aromatic heterocycles. The van der Waals surface area contributed by atoms with Gasteiger partial charge in [-0.2, -0.15) is 13.2 Å². The third kappa shape index (κ3) is 3.56. The van der Waals surface area contributed by atoms with Crippen LogP contribution in [0.15, 0.2) is 85.1 Å². The second-order valence-electron chi connectivity index (χ2n) is 8.57. The molecule has 0 saturated heterocycles. The molecule has 7 heteroatoms. The maximum Gasteiger partial charge on any atom is 0.416 e. The SMILES string of the molecule is OCc1cc2c3ccccc3n(Cc3cccc(C(F)(F)F)c3)c2c(-c2c[nH]c3ccccc23)n1. The maximum absolute atomic E-state index is 13.4. The summed E-state index contributed by atoms with van der Waals surface area (Å²) in [6, 6.07) is 22.9. The molecule has 0 fully saturated rings. The summed E-state index contributed by atoms with van der Waals surface area (Å²) < 4.78 is 42.2. The summed E-state index contributed by atoms with van der Waals surface area (Å²) >= 11 is 0. The first-order valence-electron chi connectivity index (χ1n) is 11.2. The van der Waals surface area contributed by atoms with Crippen LogP contribution in [-0.4, -0.2) is 19.6 Å². The topological polar surface area (TPSA) is 53.8 Å². The van der Waals surface area contributed by atoms with Crippen molar-refractivity contribution in [1.29, 1.82) is 0 Å². The van der Waals surface area contributed by atoms with Crippen LogP contribution in [0.2, 0.25) is 0 Å². The number of rotatable bonds is 4. The number of fused-ring (bicyclic) bond motifs is 4. The Bertz CT molecular complexity index is 1710. The van der Waals surface area contributed by atoms with Crippen molar-refractivity contribution in [3.8, 4) is 11.3 Å². The van der Waals surface area contributed by atoms with Gasteiger partial charge in [0.25, 0.3) is 0 Å². The van der Waals surface area contributed by atoms with Crippen molar-refractivity contribution >= 4 is 32.7 Å². The molecule has 35 heavy (non-hydrogen) atoms. The minimum Gasteiger partial charge on any atom is -0.390 e. The van der Waals surface area contributed by atoms with Crippen molar-refractivity contribution in [3.05, 3.63) is 102 Å². The van der Waals surface area contributed by atoms with E-state index in [2.05, 4.69) is 4.98 Å². The van der Waals surface area contributed by atoms with E-state index in [9.17, 15) is 18.3 Å². The molecular weight excluding hydrogens is 451 g/mol. The van der Waals surface area contributed by atoms with E-state index in [1.165, 1.54) is 12.1 Å². The molecule has 0 spiro atoms. The summed E-state index contributed by atoms with van der Waals surface area (Å²) in [5, 5.41) is 12.8. The van der Waals surface area contributed by atoms with Crippen molar-refractivity contribution in [2.24, 2.45) is 0 Å². The summed E-state index contributed by atoms with van der Waals surface area (Å²) in [7, 11) is 0. The number of alkyl halides is 3. The molecule has 0 unspecified atom stereocenters. The van der Waals surface area contributed by atoms with Gasteiger partial charge in [-0.1, -0.05) is 48.5 Å².